The van der Waals surface area contributed by atoms with Gasteiger partial charge in [0.25, 0.3) is 5.91 Å². The first-order chi connectivity index (χ1) is 14.0. The summed E-state index contributed by atoms with van der Waals surface area (Å²) in [6, 6.07) is 8.15. The van der Waals surface area contributed by atoms with E-state index >= 15 is 0 Å². The van der Waals surface area contributed by atoms with Gasteiger partial charge in [-0.3, -0.25) is 4.79 Å². The summed E-state index contributed by atoms with van der Waals surface area (Å²) in [5.41, 5.74) is 3.49. The quantitative estimate of drug-likeness (QED) is 0.531. The third-order valence-corrected chi connectivity index (χ3v) is 5.23. The van der Waals surface area contributed by atoms with Crippen molar-refractivity contribution in [2.45, 2.75) is 26.8 Å². The van der Waals surface area contributed by atoms with Gasteiger partial charge in [0.15, 0.2) is 5.65 Å². The van der Waals surface area contributed by atoms with Crippen molar-refractivity contribution in [1.82, 2.24) is 19.9 Å². The molecule has 0 radical (unpaired) electrons. The number of aryl methyl sites for hydroxylation is 2. The van der Waals surface area contributed by atoms with Gasteiger partial charge in [0, 0.05) is 28.4 Å². The summed E-state index contributed by atoms with van der Waals surface area (Å²) in [4.78, 5) is 17.2. The number of furan rings is 1. The van der Waals surface area contributed by atoms with E-state index in [1.54, 1.807) is 35.0 Å². The van der Waals surface area contributed by atoms with E-state index in [4.69, 9.17) is 16.0 Å². The smallest absolute Gasteiger partial charge is 0.257 e. The van der Waals surface area contributed by atoms with Gasteiger partial charge >= 0.3 is 0 Å². The number of halogens is 2. The Balaban J connectivity index is 1.67. The van der Waals surface area contributed by atoms with E-state index < -0.39 is 0 Å². The van der Waals surface area contributed by atoms with Gasteiger partial charge in [-0.15, -0.1) is 0 Å². The number of rotatable bonds is 5. The molecule has 0 aliphatic carbocycles. The molecule has 0 saturated heterocycles. The third-order valence-electron chi connectivity index (χ3n) is 4.87. The predicted octanol–water partition coefficient (Wildman–Crippen LogP) is 4.25. The Bertz CT molecular complexity index is 1180. The molecule has 8 heteroatoms. The standard InChI is InChI=1S/C21H18ClFN4O2/c1-12-15(9-16-18(22)6-3-7-19(16)23)13(2)27-20(26-12)17(11-25-27)21(28)24-10-14-5-4-8-29-14/h3-8,11H,9-10H2,1-2H3,(H,24,28). The maximum absolute atomic E-state index is 14.2. The van der Waals surface area contributed by atoms with Crippen molar-refractivity contribution < 1.29 is 13.6 Å². The largest absolute Gasteiger partial charge is 0.467 e. The molecule has 148 valence electrons. The van der Waals surface area contributed by atoms with Crippen LogP contribution in [0.25, 0.3) is 5.65 Å². The van der Waals surface area contributed by atoms with Crippen LogP contribution < -0.4 is 5.32 Å². The molecule has 3 heterocycles. The van der Waals surface area contributed by atoms with Gasteiger partial charge in [0.1, 0.15) is 17.1 Å². The van der Waals surface area contributed by atoms with Crippen LogP contribution in [0.5, 0.6) is 0 Å². The molecule has 0 atom stereocenters. The molecule has 1 aromatic carbocycles. The van der Waals surface area contributed by atoms with Crippen LogP contribution in [0.15, 0.2) is 47.2 Å². The first-order valence-electron chi connectivity index (χ1n) is 9.03. The highest BCUT2D eigenvalue weighted by atomic mass is 35.5. The molecule has 0 bridgehead atoms. The summed E-state index contributed by atoms with van der Waals surface area (Å²) in [6.07, 6.45) is 3.31. The maximum atomic E-state index is 14.2. The summed E-state index contributed by atoms with van der Waals surface area (Å²) in [7, 11) is 0. The third kappa shape index (κ3) is 3.61. The molecule has 4 aromatic rings. The van der Waals surface area contributed by atoms with E-state index in [1.165, 1.54) is 12.3 Å². The van der Waals surface area contributed by atoms with Crippen LogP contribution >= 0.6 is 11.6 Å². The molecule has 6 nitrogen and oxygen atoms in total. The van der Waals surface area contributed by atoms with Crippen molar-refractivity contribution >= 4 is 23.2 Å². The fourth-order valence-corrected chi connectivity index (χ4v) is 3.51. The maximum Gasteiger partial charge on any atom is 0.257 e. The summed E-state index contributed by atoms with van der Waals surface area (Å²) >= 11 is 6.18. The number of benzene rings is 1. The van der Waals surface area contributed by atoms with Crippen molar-refractivity contribution in [3.8, 4) is 0 Å². The Morgan fingerprint density at radius 1 is 1.24 bits per heavy atom. The summed E-state index contributed by atoms with van der Waals surface area (Å²) in [6.45, 7) is 3.96. The van der Waals surface area contributed by atoms with E-state index in [9.17, 15) is 9.18 Å². The van der Waals surface area contributed by atoms with Crippen molar-refractivity contribution in [3.63, 3.8) is 0 Å². The minimum atomic E-state index is -0.366. The molecule has 0 spiro atoms. The van der Waals surface area contributed by atoms with Crippen LogP contribution in [0.4, 0.5) is 4.39 Å². The Labute approximate surface area is 171 Å². The van der Waals surface area contributed by atoms with E-state index in [2.05, 4.69) is 15.4 Å². The topological polar surface area (TPSA) is 72.4 Å². The van der Waals surface area contributed by atoms with Gasteiger partial charge < -0.3 is 9.73 Å². The van der Waals surface area contributed by atoms with Crippen LogP contribution in [0.2, 0.25) is 5.02 Å². The number of amides is 1. The molecule has 0 unspecified atom stereocenters. The number of hydrogen-bond acceptors (Lipinski definition) is 4. The van der Waals surface area contributed by atoms with E-state index in [-0.39, 0.29) is 24.7 Å². The van der Waals surface area contributed by atoms with Crippen LogP contribution in [-0.2, 0) is 13.0 Å². The van der Waals surface area contributed by atoms with Crippen LogP contribution in [-0.4, -0.2) is 20.5 Å². The van der Waals surface area contributed by atoms with Crippen LogP contribution in [0.1, 0.15) is 38.6 Å². The van der Waals surface area contributed by atoms with Crippen LogP contribution in [0.3, 0.4) is 0 Å². The van der Waals surface area contributed by atoms with E-state index in [0.29, 0.717) is 33.3 Å². The molecule has 0 aliphatic heterocycles. The minimum Gasteiger partial charge on any atom is -0.467 e. The zero-order valence-corrected chi connectivity index (χ0v) is 16.6. The van der Waals surface area contributed by atoms with Gasteiger partial charge in [-0.05, 0) is 43.7 Å². The molecule has 1 amide bonds. The van der Waals surface area contributed by atoms with Crippen molar-refractivity contribution in [3.05, 3.63) is 87.5 Å². The Morgan fingerprint density at radius 2 is 2.07 bits per heavy atom. The zero-order valence-electron chi connectivity index (χ0n) is 15.9. The zero-order chi connectivity index (χ0) is 20.5. The number of aromatic nitrogens is 3. The first-order valence-corrected chi connectivity index (χ1v) is 9.40. The van der Waals surface area contributed by atoms with Gasteiger partial charge in [-0.1, -0.05) is 17.7 Å². The van der Waals surface area contributed by atoms with Crippen molar-refractivity contribution in [2.24, 2.45) is 0 Å². The number of nitrogens with one attached hydrogen (secondary N) is 1. The number of hydrogen-bond donors (Lipinski definition) is 1. The predicted molar refractivity (Wildman–Crippen MR) is 107 cm³/mol. The Kier molecular flexibility index (Phi) is 5.07. The lowest BCUT2D eigenvalue weighted by molar-refractivity contribution is 0.0949. The van der Waals surface area contributed by atoms with Crippen molar-refractivity contribution in [2.75, 3.05) is 0 Å². The second kappa shape index (κ2) is 7.67. The lowest BCUT2D eigenvalue weighted by Gasteiger charge is -2.13. The SMILES string of the molecule is Cc1nc2c(C(=O)NCc3ccco3)cnn2c(C)c1Cc1c(F)cccc1Cl. The Morgan fingerprint density at radius 3 is 2.79 bits per heavy atom. The summed E-state index contributed by atoms with van der Waals surface area (Å²) < 4.78 is 21.1. The lowest BCUT2D eigenvalue weighted by atomic mass is 10.0. The molecule has 1 N–H and O–H groups in total. The van der Waals surface area contributed by atoms with Gasteiger partial charge in [-0.2, -0.15) is 5.10 Å². The monoisotopic (exact) mass is 412 g/mol. The first kappa shape index (κ1) is 19.1. The second-order valence-corrected chi connectivity index (χ2v) is 7.10. The van der Waals surface area contributed by atoms with Crippen LogP contribution in [0, 0.1) is 19.7 Å². The molecule has 3 aromatic heterocycles. The van der Waals surface area contributed by atoms with Gasteiger partial charge in [0.05, 0.1) is 19.0 Å². The van der Waals surface area contributed by atoms with Gasteiger partial charge in [-0.25, -0.2) is 13.9 Å². The minimum absolute atomic E-state index is 0.269. The molecule has 4 rings (SSSR count). The highest BCUT2D eigenvalue weighted by Crippen LogP contribution is 2.26. The fraction of sp³-hybridized carbons (Fsp3) is 0.190. The van der Waals surface area contributed by atoms with Crippen molar-refractivity contribution in [1.29, 1.82) is 0 Å². The normalized spacial score (nSPS) is 11.2. The van der Waals surface area contributed by atoms with Gasteiger partial charge in [0.2, 0.25) is 0 Å². The lowest BCUT2D eigenvalue weighted by Crippen LogP contribution is -2.22. The van der Waals surface area contributed by atoms with E-state index in [0.717, 1.165) is 11.3 Å². The number of carbonyl (C=O) groups excluding carboxylic acids is 1. The highest BCUT2D eigenvalue weighted by Gasteiger charge is 2.20. The summed E-state index contributed by atoms with van der Waals surface area (Å²) in [5, 5.41) is 7.47. The number of nitrogens with zero attached hydrogens (tertiary/aromatic N) is 3. The van der Waals surface area contributed by atoms with E-state index in [1.807, 2.05) is 13.8 Å². The molecule has 0 saturated carbocycles. The average molecular weight is 413 g/mol. The highest BCUT2D eigenvalue weighted by molar-refractivity contribution is 6.31. The molecule has 0 aliphatic rings. The Hall–Kier alpha value is -3.19. The number of fused-ring (bicyclic) bond motifs is 1. The average Bonchev–Trinajstić information content (AvgIpc) is 3.35. The number of carbonyl (C=O) groups is 1. The fourth-order valence-electron chi connectivity index (χ4n) is 3.28. The molecule has 29 heavy (non-hydrogen) atoms. The summed E-state index contributed by atoms with van der Waals surface area (Å²) in [5.74, 6) is -0.0124. The molecular formula is C21H18ClFN4O2. The molecular weight excluding hydrogens is 395 g/mol. The second-order valence-electron chi connectivity index (χ2n) is 6.69. The molecule has 0 fully saturated rings.